The van der Waals surface area contributed by atoms with E-state index in [1.54, 1.807) is 12.1 Å². The third kappa shape index (κ3) is 5.33. The molecule has 0 aliphatic carbocycles. The Morgan fingerprint density at radius 2 is 1.88 bits per heavy atom. The Kier molecular flexibility index (Phi) is 6.80. The second-order valence-electron chi connectivity index (χ2n) is 6.01. The molecule has 4 nitrogen and oxygen atoms in total. The van der Waals surface area contributed by atoms with Crippen LogP contribution in [-0.4, -0.2) is 19.1 Å². The number of rotatable bonds is 7. The lowest BCUT2D eigenvalue weighted by atomic mass is 10.0. The zero-order valence-electron chi connectivity index (χ0n) is 14.7. The van der Waals surface area contributed by atoms with Crippen molar-refractivity contribution in [2.45, 2.75) is 33.3 Å². The van der Waals surface area contributed by atoms with Crippen molar-refractivity contribution in [1.82, 2.24) is 0 Å². The minimum atomic E-state index is -2.98. The zero-order chi connectivity index (χ0) is 19.3. The predicted octanol–water partition coefficient (Wildman–Crippen LogP) is 5.39. The van der Waals surface area contributed by atoms with Crippen molar-refractivity contribution in [3.8, 4) is 11.5 Å². The van der Waals surface area contributed by atoms with Gasteiger partial charge in [-0.05, 0) is 48.2 Å². The first-order valence-electron chi connectivity index (χ1n) is 8.04. The lowest BCUT2D eigenvalue weighted by molar-refractivity contribution is -0.118. The zero-order valence-corrected chi connectivity index (χ0v) is 15.4. The highest BCUT2D eigenvalue weighted by atomic mass is 35.5. The maximum absolute atomic E-state index is 12.4. The van der Waals surface area contributed by atoms with Crippen LogP contribution >= 0.6 is 11.6 Å². The van der Waals surface area contributed by atoms with E-state index in [-0.39, 0.29) is 24.0 Å². The monoisotopic (exact) mass is 383 g/mol. The van der Waals surface area contributed by atoms with Crippen LogP contribution in [-0.2, 0) is 4.79 Å². The first kappa shape index (κ1) is 20.0. The van der Waals surface area contributed by atoms with Crippen LogP contribution < -0.4 is 14.8 Å². The average molecular weight is 384 g/mol. The molecular weight excluding hydrogens is 364 g/mol. The Balaban J connectivity index is 2.07. The number of hydrogen-bond donors (Lipinski definition) is 1. The number of amides is 1. The molecule has 2 aromatic rings. The quantitative estimate of drug-likeness (QED) is 0.697. The summed E-state index contributed by atoms with van der Waals surface area (Å²) in [6.45, 7) is 2.58. The van der Waals surface area contributed by atoms with Gasteiger partial charge in [0.2, 0.25) is 0 Å². The molecule has 1 amide bonds. The molecule has 0 fully saturated rings. The molecular formula is C19H20ClF2NO3. The van der Waals surface area contributed by atoms with Gasteiger partial charge < -0.3 is 14.8 Å². The molecule has 7 heteroatoms. The van der Waals surface area contributed by atoms with E-state index < -0.39 is 12.5 Å². The standard InChI is InChI=1S/C19H20ClF2NO3/c1-11(2)13-9-14(20)12(3)8-17(13)25-10-18(24)23-15-6-4-5-7-16(15)26-19(21)22/h4-9,11,19H,10H2,1-3H3,(H,23,24). The fourth-order valence-corrected chi connectivity index (χ4v) is 2.52. The van der Waals surface area contributed by atoms with E-state index in [0.29, 0.717) is 10.8 Å². The van der Waals surface area contributed by atoms with Gasteiger partial charge in [-0.25, -0.2) is 0 Å². The number of carbonyl (C=O) groups excluding carboxylic acids is 1. The van der Waals surface area contributed by atoms with Gasteiger partial charge >= 0.3 is 6.61 Å². The Labute approximate surface area is 156 Å². The Morgan fingerprint density at radius 3 is 2.54 bits per heavy atom. The molecule has 0 aliphatic rings. The van der Waals surface area contributed by atoms with Crippen molar-refractivity contribution in [2.24, 2.45) is 0 Å². The van der Waals surface area contributed by atoms with E-state index in [4.69, 9.17) is 16.3 Å². The second kappa shape index (κ2) is 8.85. The van der Waals surface area contributed by atoms with Crippen molar-refractivity contribution < 1.29 is 23.0 Å². The van der Waals surface area contributed by atoms with Gasteiger partial charge in [-0.1, -0.05) is 37.6 Å². The fraction of sp³-hybridized carbons (Fsp3) is 0.316. The number of halogens is 3. The van der Waals surface area contributed by atoms with Gasteiger partial charge in [0.25, 0.3) is 5.91 Å². The van der Waals surface area contributed by atoms with Crippen molar-refractivity contribution >= 4 is 23.2 Å². The molecule has 0 spiro atoms. The largest absolute Gasteiger partial charge is 0.483 e. The van der Waals surface area contributed by atoms with Crippen LogP contribution in [0, 0.1) is 6.92 Å². The number of carbonyl (C=O) groups is 1. The van der Waals surface area contributed by atoms with E-state index >= 15 is 0 Å². The third-order valence-corrected chi connectivity index (χ3v) is 4.06. The minimum Gasteiger partial charge on any atom is -0.483 e. The van der Waals surface area contributed by atoms with Crippen LogP contribution in [0.5, 0.6) is 11.5 Å². The number of ether oxygens (including phenoxy) is 2. The predicted molar refractivity (Wildman–Crippen MR) is 97.5 cm³/mol. The number of para-hydroxylation sites is 2. The molecule has 0 atom stereocenters. The van der Waals surface area contributed by atoms with Gasteiger partial charge in [0.05, 0.1) is 5.69 Å². The molecule has 0 saturated heterocycles. The summed E-state index contributed by atoms with van der Waals surface area (Å²) in [5.74, 6) is 0.124. The Bertz CT molecular complexity index is 781. The molecule has 1 N–H and O–H groups in total. The van der Waals surface area contributed by atoms with Crippen molar-refractivity contribution in [2.75, 3.05) is 11.9 Å². The smallest absolute Gasteiger partial charge is 0.387 e. The summed E-state index contributed by atoms with van der Waals surface area (Å²) in [6.07, 6.45) is 0. The lowest BCUT2D eigenvalue weighted by Crippen LogP contribution is -2.21. The van der Waals surface area contributed by atoms with E-state index in [0.717, 1.165) is 11.1 Å². The third-order valence-electron chi connectivity index (χ3n) is 3.65. The Morgan fingerprint density at radius 1 is 1.19 bits per heavy atom. The van der Waals surface area contributed by atoms with E-state index in [2.05, 4.69) is 10.1 Å². The number of nitrogens with one attached hydrogen (secondary N) is 1. The highest BCUT2D eigenvalue weighted by molar-refractivity contribution is 6.31. The first-order chi connectivity index (χ1) is 12.3. The van der Waals surface area contributed by atoms with Gasteiger partial charge in [0.15, 0.2) is 6.61 Å². The second-order valence-corrected chi connectivity index (χ2v) is 6.41. The van der Waals surface area contributed by atoms with E-state index in [1.807, 2.05) is 26.8 Å². The molecule has 0 heterocycles. The van der Waals surface area contributed by atoms with Crippen LogP contribution in [0.3, 0.4) is 0 Å². The van der Waals surface area contributed by atoms with Crippen LogP contribution in [0.2, 0.25) is 5.02 Å². The van der Waals surface area contributed by atoms with Gasteiger partial charge in [0.1, 0.15) is 11.5 Å². The summed E-state index contributed by atoms with van der Waals surface area (Å²) < 4.78 is 34.9. The van der Waals surface area contributed by atoms with Crippen LogP contribution in [0.4, 0.5) is 14.5 Å². The number of benzene rings is 2. The van der Waals surface area contributed by atoms with Crippen LogP contribution in [0.1, 0.15) is 30.9 Å². The summed E-state index contributed by atoms with van der Waals surface area (Å²) in [4.78, 5) is 12.2. The van der Waals surface area contributed by atoms with Crippen molar-refractivity contribution in [3.63, 3.8) is 0 Å². The summed E-state index contributed by atoms with van der Waals surface area (Å²) in [7, 11) is 0. The normalized spacial score (nSPS) is 10.9. The topological polar surface area (TPSA) is 47.6 Å². The van der Waals surface area contributed by atoms with Gasteiger partial charge in [-0.15, -0.1) is 0 Å². The van der Waals surface area contributed by atoms with E-state index in [9.17, 15) is 13.6 Å². The number of anilines is 1. The maximum Gasteiger partial charge on any atom is 0.387 e. The van der Waals surface area contributed by atoms with Crippen molar-refractivity contribution in [3.05, 3.63) is 52.5 Å². The van der Waals surface area contributed by atoms with Crippen LogP contribution in [0.15, 0.2) is 36.4 Å². The first-order valence-corrected chi connectivity index (χ1v) is 8.42. The summed E-state index contributed by atoms with van der Waals surface area (Å²) >= 11 is 6.15. The van der Waals surface area contributed by atoms with Gasteiger partial charge in [-0.2, -0.15) is 8.78 Å². The molecule has 0 bridgehead atoms. The fourth-order valence-electron chi connectivity index (χ4n) is 2.34. The number of alkyl halides is 2. The van der Waals surface area contributed by atoms with E-state index in [1.165, 1.54) is 18.2 Å². The SMILES string of the molecule is Cc1cc(OCC(=O)Nc2ccccc2OC(F)F)c(C(C)C)cc1Cl. The molecule has 0 saturated carbocycles. The van der Waals surface area contributed by atoms with Crippen LogP contribution in [0.25, 0.3) is 0 Å². The highest BCUT2D eigenvalue weighted by Crippen LogP contribution is 2.32. The molecule has 26 heavy (non-hydrogen) atoms. The number of hydrogen-bond acceptors (Lipinski definition) is 3. The summed E-state index contributed by atoms with van der Waals surface area (Å²) in [5, 5.41) is 3.14. The van der Waals surface area contributed by atoms with Gasteiger partial charge in [-0.3, -0.25) is 4.79 Å². The molecule has 140 valence electrons. The highest BCUT2D eigenvalue weighted by Gasteiger charge is 2.15. The molecule has 0 aromatic heterocycles. The number of aryl methyl sites for hydroxylation is 1. The lowest BCUT2D eigenvalue weighted by Gasteiger charge is -2.16. The molecule has 0 unspecified atom stereocenters. The molecule has 0 radical (unpaired) electrons. The average Bonchev–Trinajstić information content (AvgIpc) is 2.56. The van der Waals surface area contributed by atoms with Gasteiger partial charge in [0, 0.05) is 5.02 Å². The molecule has 0 aliphatic heterocycles. The molecule has 2 aromatic carbocycles. The summed E-state index contributed by atoms with van der Waals surface area (Å²) in [5.41, 5.74) is 1.87. The summed E-state index contributed by atoms with van der Waals surface area (Å²) in [6, 6.07) is 9.56. The molecule has 2 rings (SSSR count). The maximum atomic E-state index is 12.4. The Hall–Kier alpha value is -2.34. The minimum absolute atomic E-state index is 0.110. The van der Waals surface area contributed by atoms with Crippen molar-refractivity contribution in [1.29, 1.82) is 0 Å².